The fraction of sp³-hybridized carbons (Fsp3) is 0.381. The van der Waals surface area contributed by atoms with Crippen LogP contribution < -0.4 is 14.8 Å². The first-order valence-electron chi connectivity index (χ1n) is 8.77. The summed E-state index contributed by atoms with van der Waals surface area (Å²) in [5.41, 5.74) is 3.25. The van der Waals surface area contributed by atoms with Gasteiger partial charge >= 0.3 is 0 Å². The summed E-state index contributed by atoms with van der Waals surface area (Å²) in [7, 11) is 0. The molecule has 1 unspecified atom stereocenters. The number of ether oxygens (including phenoxy) is 2. The van der Waals surface area contributed by atoms with Gasteiger partial charge in [-0.1, -0.05) is 49.7 Å². The third-order valence-corrected chi connectivity index (χ3v) is 4.39. The number of amides is 1. The van der Waals surface area contributed by atoms with E-state index in [1.807, 2.05) is 49.4 Å². The maximum Gasteiger partial charge on any atom is 0.224 e. The van der Waals surface area contributed by atoms with Crippen LogP contribution in [0.15, 0.2) is 42.5 Å². The van der Waals surface area contributed by atoms with Crippen LogP contribution in [0.2, 0.25) is 0 Å². The van der Waals surface area contributed by atoms with E-state index in [2.05, 4.69) is 19.2 Å². The van der Waals surface area contributed by atoms with Crippen molar-refractivity contribution in [1.29, 1.82) is 0 Å². The topological polar surface area (TPSA) is 47.6 Å². The van der Waals surface area contributed by atoms with Crippen LogP contribution in [0.25, 0.3) is 0 Å². The second-order valence-corrected chi connectivity index (χ2v) is 6.85. The predicted octanol–water partition coefficient (Wildman–Crippen LogP) is 3.82. The predicted molar refractivity (Wildman–Crippen MR) is 98.0 cm³/mol. The molecule has 2 aromatic rings. The zero-order valence-corrected chi connectivity index (χ0v) is 15.0. The third-order valence-electron chi connectivity index (χ3n) is 4.39. The van der Waals surface area contributed by atoms with Gasteiger partial charge in [0.05, 0.1) is 12.5 Å². The van der Waals surface area contributed by atoms with E-state index in [-0.39, 0.29) is 17.9 Å². The molecule has 1 heterocycles. The lowest BCUT2D eigenvalue weighted by atomic mass is 9.95. The fourth-order valence-electron chi connectivity index (χ4n) is 3.00. The second-order valence-electron chi connectivity index (χ2n) is 6.85. The summed E-state index contributed by atoms with van der Waals surface area (Å²) < 4.78 is 11.2. The number of aryl methyl sites for hydroxylation is 1. The summed E-state index contributed by atoms with van der Waals surface area (Å²) in [6.45, 7) is 7.39. The van der Waals surface area contributed by atoms with E-state index in [9.17, 15) is 4.79 Å². The van der Waals surface area contributed by atoms with Crippen LogP contribution in [0.4, 0.5) is 0 Å². The molecule has 0 spiro atoms. The lowest BCUT2D eigenvalue weighted by Crippen LogP contribution is -2.33. The molecule has 1 amide bonds. The van der Waals surface area contributed by atoms with Gasteiger partial charge in [-0.15, -0.1) is 0 Å². The Balaban J connectivity index is 1.72. The lowest BCUT2D eigenvalue weighted by molar-refractivity contribution is -0.121. The molecule has 0 saturated carbocycles. The van der Waals surface area contributed by atoms with Crippen molar-refractivity contribution in [2.24, 2.45) is 5.92 Å². The molecule has 0 saturated heterocycles. The van der Waals surface area contributed by atoms with Gasteiger partial charge in [-0.05, 0) is 36.1 Å². The molecule has 1 aliphatic heterocycles. The van der Waals surface area contributed by atoms with E-state index < -0.39 is 0 Å². The largest absolute Gasteiger partial charge is 0.486 e. The minimum absolute atomic E-state index is 0.0254. The van der Waals surface area contributed by atoms with Gasteiger partial charge in [-0.3, -0.25) is 4.79 Å². The minimum Gasteiger partial charge on any atom is -0.486 e. The molecule has 0 bridgehead atoms. The van der Waals surface area contributed by atoms with Crippen molar-refractivity contribution in [3.8, 4) is 11.5 Å². The quantitative estimate of drug-likeness (QED) is 0.901. The van der Waals surface area contributed by atoms with Crippen LogP contribution in [0.3, 0.4) is 0 Å². The fourth-order valence-corrected chi connectivity index (χ4v) is 3.00. The molecule has 1 N–H and O–H groups in total. The number of carbonyl (C=O) groups is 1. The SMILES string of the molecule is Cc1ccc(CC(=O)NC(c2ccc3c(c2)OCCO3)C(C)C)cc1. The molecular formula is C21H25NO3. The van der Waals surface area contributed by atoms with Crippen molar-refractivity contribution < 1.29 is 14.3 Å². The number of hydrogen-bond donors (Lipinski definition) is 1. The monoisotopic (exact) mass is 339 g/mol. The summed E-state index contributed by atoms with van der Waals surface area (Å²) >= 11 is 0. The molecule has 0 aromatic heterocycles. The van der Waals surface area contributed by atoms with Crippen molar-refractivity contribution in [2.45, 2.75) is 33.2 Å². The van der Waals surface area contributed by atoms with Crippen LogP contribution >= 0.6 is 0 Å². The van der Waals surface area contributed by atoms with Gasteiger partial charge in [0.25, 0.3) is 0 Å². The average molecular weight is 339 g/mol. The highest BCUT2D eigenvalue weighted by atomic mass is 16.6. The normalized spacial score (nSPS) is 14.2. The average Bonchev–Trinajstić information content (AvgIpc) is 2.61. The van der Waals surface area contributed by atoms with Gasteiger partial charge in [-0.2, -0.15) is 0 Å². The van der Waals surface area contributed by atoms with Crippen molar-refractivity contribution in [3.05, 3.63) is 59.2 Å². The summed E-state index contributed by atoms with van der Waals surface area (Å²) in [6.07, 6.45) is 0.383. The van der Waals surface area contributed by atoms with Crippen LogP contribution in [0.1, 0.15) is 36.6 Å². The first-order valence-corrected chi connectivity index (χ1v) is 8.77. The van der Waals surface area contributed by atoms with Gasteiger partial charge < -0.3 is 14.8 Å². The van der Waals surface area contributed by atoms with E-state index >= 15 is 0 Å². The molecule has 3 rings (SSSR count). The number of benzene rings is 2. The number of hydrogen-bond acceptors (Lipinski definition) is 3. The maximum atomic E-state index is 12.5. The van der Waals surface area contributed by atoms with Gasteiger partial charge in [0.15, 0.2) is 11.5 Å². The molecule has 1 atom stereocenters. The standard InChI is InChI=1S/C21H25NO3/c1-14(2)21(17-8-9-18-19(13-17)25-11-10-24-18)22-20(23)12-16-6-4-15(3)5-7-16/h4-9,13-14,21H,10-12H2,1-3H3,(H,22,23). The maximum absolute atomic E-state index is 12.5. The summed E-state index contributed by atoms with van der Waals surface area (Å²) in [4.78, 5) is 12.5. The summed E-state index contributed by atoms with van der Waals surface area (Å²) in [5.74, 6) is 1.81. The Morgan fingerprint density at radius 2 is 1.72 bits per heavy atom. The van der Waals surface area contributed by atoms with Crippen molar-refractivity contribution in [2.75, 3.05) is 13.2 Å². The Morgan fingerprint density at radius 3 is 2.40 bits per heavy atom. The Kier molecular flexibility index (Phi) is 5.27. The zero-order valence-electron chi connectivity index (χ0n) is 15.0. The van der Waals surface area contributed by atoms with Gasteiger partial charge in [-0.25, -0.2) is 0 Å². The van der Waals surface area contributed by atoms with Crippen molar-refractivity contribution >= 4 is 5.91 Å². The van der Waals surface area contributed by atoms with E-state index in [0.717, 1.165) is 22.6 Å². The van der Waals surface area contributed by atoms with Crippen molar-refractivity contribution in [1.82, 2.24) is 5.32 Å². The molecule has 0 aliphatic carbocycles. The zero-order chi connectivity index (χ0) is 17.8. The molecule has 2 aromatic carbocycles. The summed E-state index contributed by atoms with van der Waals surface area (Å²) in [5, 5.41) is 3.17. The van der Waals surface area contributed by atoms with E-state index in [1.54, 1.807) is 0 Å². The molecule has 25 heavy (non-hydrogen) atoms. The molecule has 132 valence electrons. The van der Waals surface area contributed by atoms with Crippen LogP contribution in [-0.2, 0) is 11.2 Å². The molecule has 0 fully saturated rings. The highest BCUT2D eigenvalue weighted by Crippen LogP contribution is 2.34. The molecule has 4 nitrogen and oxygen atoms in total. The van der Waals surface area contributed by atoms with Gasteiger partial charge in [0.2, 0.25) is 5.91 Å². The lowest BCUT2D eigenvalue weighted by Gasteiger charge is -2.25. The van der Waals surface area contributed by atoms with Crippen LogP contribution in [-0.4, -0.2) is 19.1 Å². The van der Waals surface area contributed by atoms with Crippen LogP contribution in [0.5, 0.6) is 11.5 Å². The third kappa shape index (κ3) is 4.32. The molecule has 4 heteroatoms. The number of carbonyl (C=O) groups excluding carboxylic acids is 1. The highest BCUT2D eigenvalue weighted by molar-refractivity contribution is 5.79. The Morgan fingerprint density at radius 1 is 1.04 bits per heavy atom. The van der Waals surface area contributed by atoms with E-state index in [1.165, 1.54) is 5.56 Å². The van der Waals surface area contributed by atoms with Crippen molar-refractivity contribution in [3.63, 3.8) is 0 Å². The first kappa shape index (κ1) is 17.3. The smallest absolute Gasteiger partial charge is 0.224 e. The molecular weight excluding hydrogens is 314 g/mol. The van der Waals surface area contributed by atoms with Gasteiger partial charge in [0.1, 0.15) is 13.2 Å². The molecule has 0 radical (unpaired) electrons. The Hall–Kier alpha value is -2.49. The first-order chi connectivity index (χ1) is 12.0. The molecule has 1 aliphatic rings. The second kappa shape index (κ2) is 7.60. The number of rotatable bonds is 5. The Labute approximate surface area is 149 Å². The summed E-state index contributed by atoms with van der Waals surface area (Å²) in [6, 6.07) is 13.9. The number of nitrogens with one attached hydrogen (secondary N) is 1. The Bertz CT molecular complexity index is 737. The number of fused-ring (bicyclic) bond motifs is 1. The highest BCUT2D eigenvalue weighted by Gasteiger charge is 2.21. The van der Waals surface area contributed by atoms with E-state index in [0.29, 0.717) is 19.6 Å². The van der Waals surface area contributed by atoms with Crippen LogP contribution in [0, 0.1) is 12.8 Å². The van der Waals surface area contributed by atoms with Gasteiger partial charge in [0, 0.05) is 0 Å². The van der Waals surface area contributed by atoms with E-state index in [4.69, 9.17) is 9.47 Å². The minimum atomic E-state index is -0.0613.